The Morgan fingerprint density at radius 3 is 2.50 bits per heavy atom. The lowest BCUT2D eigenvalue weighted by Gasteiger charge is -2.14. The highest BCUT2D eigenvalue weighted by molar-refractivity contribution is 5.95. The molecule has 38 heavy (non-hydrogen) atoms. The molecule has 0 saturated heterocycles. The molecule has 0 atom stereocenters. The van der Waals surface area contributed by atoms with Gasteiger partial charge in [-0.2, -0.15) is 18.3 Å². The van der Waals surface area contributed by atoms with Crippen molar-refractivity contribution in [2.45, 2.75) is 12.6 Å². The Kier molecular flexibility index (Phi) is 6.26. The Labute approximate surface area is 208 Å². The number of benzene rings is 2. The molecular formula is C23H13F6N7O2. The van der Waals surface area contributed by atoms with E-state index < -0.39 is 29.6 Å². The van der Waals surface area contributed by atoms with E-state index >= 15 is 0 Å². The van der Waals surface area contributed by atoms with Gasteiger partial charge in [0.1, 0.15) is 35.6 Å². The van der Waals surface area contributed by atoms with E-state index in [4.69, 9.17) is 0 Å². The van der Waals surface area contributed by atoms with Gasteiger partial charge in [0.2, 0.25) is 5.65 Å². The minimum atomic E-state index is -5.23. The van der Waals surface area contributed by atoms with Crippen molar-refractivity contribution in [3.05, 3.63) is 72.2 Å². The molecule has 5 rings (SSSR count). The minimum absolute atomic E-state index is 0.00884. The molecule has 3 aromatic heterocycles. The molecule has 0 aliphatic carbocycles. The van der Waals surface area contributed by atoms with Crippen LogP contribution in [0.15, 0.2) is 49.2 Å². The van der Waals surface area contributed by atoms with E-state index in [-0.39, 0.29) is 52.0 Å². The Morgan fingerprint density at radius 1 is 1.00 bits per heavy atom. The maximum atomic E-state index is 14.9. The van der Waals surface area contributed by atoms with Crippen LogP contribution in [0.5, 0.6) is 0 Å². The summed E-state index contributed by atoms with van der Waals surface area (Å²) in [5.41, 5.74) is 0.599. The molecule has 15 heteroatoms. The van der Waals surface area contributed by atoms with Gasteiger partial charge >= 0.3 is 12.1 Å². The average molecular weight is 533 g/mol. The monoisotopic (exact) mass is 533 g/mol. The van der Waals surface area contributed by atoms with Gasteiger partial charge in [0, 0.05) is 23.6 Å². The van der Waals surface area contributed by atoms with Gasteiger partial charge < -0.3 is 10.2 Å². The van der Waals surface area contributed by atoms with Gasteiger partial charge in [-0.05, 0) is 41.8 Å². The van der Waals surface area contributed by atoms with Crippen LogP contribution >= 0.6 is 0 Å². The summed E-state index contributed by atoms with van der Waals surface area (Å²) in [6, 6.07) is 5.48. The van der Waals surface area contributed by atoms with Crippen molar-refractivity contribution < 1.29 is 36.0 Å². The van der Waals surface area contributed by atoms with Crippen LogP contribution in [0.25, 0.3) is 33.2 Å². The van der Waals surface area contributed by atoms with Crippen LogP contribution in [0.3, 0.4) is 0 Å². The minimum Gasteiger partial charge on any atom is -0.368 e. The zero-order chi connectivity index (χ0) is 27.0. The summed E-state index contributed by atoms with van der Waals surface area (Å²) < 4.78 is 81.0. The molecule has 0 saturated carbocycles. The number of aromatic nitrogens is 6. The fourth-order valence-corrected chi connectivity index (χ4v) is 3.85. The van der Waals surface area contributed by atoms with Crippen molar-refractivity contribution >= 4 is 33.9 Å². The molecule has 9 nitrogen and oxygen atoms in total. The van der Waals surface area contributed by atoms with Crippen molar-refractivity contribution in [2.75, 3.05) is 11.9 Å². The van der Waals surface area contributed by atoms with E-state index in [2.05, 4.69) is 35.3 Å². The first-order chi connectivity index (χ1) is 18.1. The van der Waals surface area contributed by atoms with Crippen LogP contribution in [0.4, 0.5) is 32.2 Å². The second-order valence-corrected chi connectivity index (χ2v) is 7.86. The average Bonchev–Trinajstić information content (AvgIpc) is 3.26. The summed E-state index contributed by atoms with van der Waals surface area (Å²) in [6.07, 6.45) is -2.02. The molecule has 5 aromatic rings. The third kappa shape index (κ3) is 4.77. The molecule has 0 fully saturated rings. The lowest BCUT2D eigenvalue weighted by atomic mass is 9.94. The van der Waals surface area contributed by atoms with Crippen LogP contribution < -0.4 is 10.2 Å². The summed E-state index contributed by atoms with van der Waals surface area (Å²) >= 11 is 0. The number of imidazole rings is 1. The molecule has 0 aliphatic rings. The van der Waals surface area contributed by atoms with Gasteiger partial charge in [-0.15, -0.1) is 9.83 Å². The fourth-order valence-electron chi connectivity index (χ4n) is 3.85. The molecule has 2 aromatic carbocycles. The number of hydrogen-bond donors (Lipinski definition) is 1. The maximum Gasteiger partial charge on any atom is 0.493 e. The first-order valence-electron chi connectivity index (χ1n) is 10.7. The topological polar surface area (TPSA) is 108 Å². The van der Waals surface area contributed by atoms with Crippen LogP contribution in [0.2, 0.25) is 0 Å². The number of halogens is 6. The third-order valence-corrected chi connectivity index (χ3v) is 5.39. The van der Waals surface area contributed by atoms with Crippen LogP contribution in [0, 0.1) is 17.5 Å². The Hall–Kier alpha value is -4.82. The summed E-state index contributed by atoms with van der Waals surface area (Å²) in [5.74, 6) is -4.68. The molecule has 0 aliphatic heterocycles. The van der Waals surface area contributed by atoms with Crippen LogP contribution in [-0.4, -0.2) is 48.6 Å². The van der Waals surface area contributed by atoms with Gasteiger partial charge in [-0.25, -0.2) is 32.9 Å². The number of anilines is 1. The second-order valence-electron chi connectivity index (χ2n) is 7.86. The largest absolute Gasteiger partial charge is 0.493 e. The lowest BCUT2D eigenvalue weighted by Crippen LogP contribution is -2.33. The number of alkyl halides is 3. The normalized spacial score (nSPS) is 11.7. The summed E-state index contributed by atoms with van der Waals surface area (Å²) in [7, 11) is 0. The SMILES string of the molecule is O=C(On1cnc2c(NCCc3cc(F)c4ccnnc4c3-c3cc(F)cc(F)c3)ncnc21)C(F)(F)F. The highest BCUT2D eigenvalue weighted by Gasteiger charge is 2.42. The second kappa shape index (κ2) is 9.57. The van der Waals surface area contributed by atoms with Crippen molar-refractivity contribution in [1.82, 2.24) is 29.9 Å². The number of carbonyl (C=O) groups excluding carboxylic acids is 1. The first-order valence-corrected chi connectivity index (χ1v) is 10.7. The Bertz CT molecular complexity index is 1670. The summed E-state index contributed by atoms with van der Waals surface area (Å²) in [6.45, 7) is 0.0668. The zero-order valence-electron chi connectivity index (χ0n) is 18.8. The van der Waals surface area contributed by atoms with Crippen LogP contribution in [-0.2, 0) is 11.2 Å². The number of nitrogens with zero attached hydrogens (tertiary/aromatic N) is 6. The first kappa shape index (κ1) is 24.9. The molecule has 0 bridgehead atoms. The highest BCUT2D eigenvalue weighted by atomic mass is 19.4. The number of nitrogens with one attached hydrogen (secondary N) is 1. The molecule has 0 radical (unpaired) electrons. The standard InChI is InChI=1S/C23H13F6N7O2/c24-13-5-12(6-14(25)8-13)17-11(7-16(26)15-2-4-34-35-18(15)17)1-3-30-20-19-21(32-9-31-20)36(10-33-19)38-22(37)23(27,28)29/h2,4-10H,1,3H2,(H,30,31,32). The van der Waals surface area contributed by atoms with E-state index in [9.17, 15) is 31.1 Å². The smallest absolute Gasteiger partial charge is 0.368 e. The lowest BCUT2D eigenvalue weighted by molar-refractivity contribution is -0.199. The van der Waals surface area contributed by atoms with Gasteiger partial charge in [0.25, 0.3) is 0 Å². The zero-order valence-corrected chi connectivity index (χ0v) is 18.8. The predicted octanol–water partition coefficient (Wildman–Crippen LogP) is 4.03. The maximum absolute atomic E-state index is 14.9. The van der Waals surface area contributed by atoms with Gasteiger partial charge in [-0.3, -0.25) is 0 Å². The third-order valence-electron chi connectivity index (χ3n) is 5.39. The summed E-state index contributed by atoms with van der Waals surface area (Å²) in [4.78, 5) is 27.1. The molecule has 0 amide bonds. The molecular weight excluding hydrogens is 520 g/mol. The van der Waals surface area contributed by atoms with Crippen molar-refractivity contribution in [1.29, 1.82) is 0 Å². The number of carbonyl (C=O) groups is 1. The van der Waals surface area contributed by atoms with Gasteiger partial charge in [0.15, 0.2) is 11.3 Å². The van der Waals surface area contributed by atoms with Crippen molar-refractivity contribution in [3.63, 3.8) is 0 Å². The summed E-state index contributed by atoms with van der Waals surface area (Å²) in [5, 5.41) is 10.8. The Balaban J connectivity index is 1.45. The number of rotatable bonds is 6. The molecule has 0 unspecified atom stereocenters. The van der Waals surface area contributed by atoms with E-state index in [1.54, 1.807) is 0 Å². The molecule has 3 heterocycles. The van der Waals surface area contributed by atoms with Gasteiger partial charge in [-0.1, -0.05) is 0 Å². The molecule has 194 valence electrons. The highest BCUT2D eigenvalue weighted by Crippen LogP contribution is 2.34. The van der Waals surface area contributed by atoms with Gasteiger partial charge in [0.05, 0.1) is 6.20 Å². The number of hydrogen-bond acceptors (Lipinski definition) is 8. The quantitative estimate of drug-likeness (QED) is 0.326. The Morgan fingerprint density at radius 2 is 1.76 bits per heavy atom. The number of fused-ring (bicyclic) bond motifs is 2. The van der Waals surface area contributed by atoms with E-state index in [0.717, 1.165) is 24.8 Å². The van der Waals surface area contributed by atoms with E-state index in [1.807, 2.05) is 0 Å². The van der Waals surface area contributed by atoms with Crippen molar-refractivity contribution in [3.8, 4) is 11.1 Å². The fraction of sp³-hybridized carbons (Fsp3) is 0.130. The predicted molar refractivity (Wildman–Crippen MR) is 120 cm³/mol. The van der Waals surface area contributed by atoms with Crippen molar-refractivity contribution in [2.24, 2.45) is 0 Å². The van der Waals surface area contributed by atoms with Crippen LogP contribution in [0.1, 0.15) is 5.56 Å². The molecule has 1 N–H and O–H groups in total. The van der Waals surface area contributed by atoms with E-state index in [1.165, 1.54) is 18.3 Å². The molecule has 0 spiro atoms. The van der Waals surface area contributed by atoms with E-state index in [0.29, 0.717) is 16.4 Å².